The van der Waals surface area contributed by atoms with Crippen LogP contribution in [0.3, 0.4) is 0 Å². The molecule has 1 aromatic rings. The molecule has 1 aromatic carbocycles. The van der Waals surface area contributed by atoms with Gasteiger partial charge >= 0.3 is 5.97 Å². The third kappa shape index (κ3) is 3.40. The second-order valence-corrected chi connectivity index (χ2v) is 9.34. The number of ether oxygens (including phenoxy) is 1. The quantitative estimate of drug-likeness (QED) is 0.756. The largest absolute Gasteiger partial charge is 0.481 e. The molecule has 2 aliphatic heterocycles. The lowest BCUT2D eigenvalue weighted by Crippen LogP contribution is -2.50. The Balaban J connectivity index is 1.55. The fraction of sp³-hybridized carbons (Fsp3) is 0.480. The zero-order valence-corrected chi connectivity index (χ0v) is 18.1. The summed E-state index contributed by atoms with van der Waals surface area (Å²) >= 11 is 0. The molecule has 0 radical (unpaired) electrons. The number of carboxylic acids is 1. The summed E-state index contributed by atoms with van der Waals surface area (Å²) in [5.41, 5.74) is 1.66. The first kappa shape index (κ1) is 20.8. The molecule has 2 aliphatic carbocycles. The minimum absolute atomic E-state index is 0.0916. The Morgan fingerprint density at radius 3 is 2.53 bits per heavy atom. The molecule has 32 heavy (non-hydrogen) atoms. The Hall–Kier alpha value is -3.09. The number of carboxylic acid groups (broad SMARTS) is 1. The van der Waals surface area contributed by atoms with Crippen LogP contribution in [0.15, 0.2) is 48.4 Å². The van der Waals surface area contributed by atoms with E-state index in [4.69, 9.17) is 4.74 Å². The van der Waals surface area contributed by atoms with E-state index < -0.39 is 35.7 Å². The zero-order valence-electron chi connectivity index (χ0n) is 18.1. The van der Waals surface area contributed by atoms with Crippen molar-refractivity contribution in [3.8, 4) is 0 Å². The van der Waals surface area contributed by atoms with Crippen molar-refractivity contribution in [3.63, 3.8) is 0 Å². The number of amides is 2. The Bertz CT molecular complexity index is 992. The lowest BCUT2D eigenvalue weighted by Gasteiger charge is -2.33. The third-order valence-electron chi connectivity index (χ3n) is 7.35. The maximum atomic E-state index is 13.7. The van der Waals surface area contributed by atoms with E-state index >= 15 is 0 Å². The van der Waals surface area contributed by atoms with Gasteiger partial charge in [0.1, 0.15) is 11.8 Å². The van der Waals surface area contributed by atoms with Gasteiger partial charge in [-0.3, -0.25) is 19.3 Å². The minimum Gasteiger partial charge on any atom is -0.481 e. The summed E-state index contributed by atoms with van der Waals surface area (Å²) < 4.78 is 5.57. The average molecular weight is 437 g/mol. The first-order valence-corrected chi connectivity index (χ1v) is 11.4. The van der Waals surface area contributed by atoms with Gasteiger partial charge in [0.05, 0.1) is 24.0 Å². The van der Waals surface area contributed by atoms with Crippen molar-refractivity contribution in [1.82, 2.24) is 5.32 Å². The number of nitrogens with one attached hydrogen (secondary N) is 1. The third-order valence-corrected chi connectivity index (χ3v) is 7.35. The van der Waals surface area contributed by atoms with Gasteiger partial charge in [-0.1, -0.05) is 37.0 Å². The SMILES string of the molecule is Cc1ccc(N2C(=O)C3[C@@H](C=C4OC=C[C@@H]4[C@H]3C(=O)O)[C@H]2C(=O)NC2CCCCC2)cc1. The number of fused-ring (bicyclic) bond motifs is 2. The summed E-state index contributed by atoms with van der Waals surface area (Å²) in [4.78, 5) is 41.1. The molecule has 7 nitrogen and oxygen atoms in total. The summed E-state index contributed by atoms with van der Waals surface area (Å²) in [5.74, 6) is -3.90. The number of aliphatic carboxylic acids is 1. The van der Waals surface area contributed by atoms with Gasteiger partial charge in [-0.25, -0.2) is 0 Å². The van der Waals surface area contributed by atoms with Crippen LogP contribution in [0.1, 0.15) is 37.7 Å². The van der Waals surface area contributed by atoms with Gasteiger partial charge < -0.3 is 15.2 Å². The molecule has 7 heteroatoms. The number of hydrogen-bond acceptors (Lipinski definition) is 4. The van der Waals surface area contributed by atoms with Crippen molar-refractivity contribution >= 4 is 23.5 Å². The average Bonchev–Trinajstić information content (AvgIpc) is 3.35. The maximum Gasteiger partial charge on any atom is 0.308 e. The molecular weight excluding hydrogens is 408 g/mol. The van der Waals surface area contributed by atoms with Crippen LogP contribution in [0, 0.1) is 30.6 Å². The molecule has 2 heterocycles. The number of rotatable bonds is 4. The van der Waals surface area contributed by atoms with Gasteiger partial charge in [-0.2, -0.15) is 0 Å². The first-order chi connectivity index (χ1) is 15.5. The number of nitrogens with zero attached hydrogens (tertiary/aromatic N) is 1. The van der Waals surface area contributed by atoms with Crippen molar-refractivity contribution in [2.45, 2.75) is 51.1 Å². The fourth-order valence-corrected chi connectivity index (χ4v) is 5.78. The molecule has 0 spiro atoms. The van der Waals surface area contributed by atoms with Crippen LogP contribution in [-0.4, -0.2) is 35.0 Å². The molecule has 5 rings (SSSR count). The Kier molecular flexibility index (Phi) is 5.27. The molecular formula is C25H28N2O5. The number of carbonyl (C=O) groups is 3. The number of anilines is 1. The number of aryl methyl sites for hydroxylation is 1. The Labute approximate surface area is 187 Å². The van der Waals surface area contributed by atoms with E-state index in [9.17, 15) is 19.5 Å². The molecule has 0 aromatic heterocycles. The monoisotopic (exact) mass is 436 g/mol. The van der Waals surface area contributed by atoms with Crippen LogP contribution < -0.4 is 10.2 Å². The van der Waals surface area contributed by atoms with E-state index in [1.54, 1.807) is 6.08 Å². The van der Waals surface area contributed by atoms with Crippen LogP contribution in [0.2, 0.25) is 0 Å². The molecule has 1 saturated heterocycles. The predicted octanol–water partition coefficient (Wildman–Crippen LogP) is 3.15. The molecule has 2 amide bonds. The zero-order chi connectivity index (χ0) is 22.4. The summed E-state index contributed by atoms with van der Waals surface area (Å²) in [6.07, 6.45) is 10.2. The number of carbonyl (C=O) groups excluding carboxylic acids is 2. The molecule has 1 unspecified atom stereocenters. The molecule has 2 N–H and O–H groups in total. The van der Waals surface area contributed by atoms with E-state index in [1.807, 2.05) is 37.3 Å². The van der Waals surface area contributed by atoms with E-state index in [0.29, 0.717) is 11.4 Å². The number of benzene rings is 1. The standard InChI is InChI=1S/C25H28N2O5/c1-14-7-9-16(10-8-14)27-22(23(28)26-15-5-3-2-4-6-15)18-13-19-17(11-12-32-19)21(25(30)31)20(18)24(27)29/h7-13,15,17-18,20-22H,2-6H2,1H3,(H,26,28)(H,30,31)/t17-,18+,20?,21+,22-/m0/s1. The van der Waals surface area contributed by atoms with E-state index in [1.165, 1.54) is 17.6 Å². The number of allylic oxidation sites excluding steroid dienone is 1. The van der Waals surface area contributed by atoms with Gasteiger partial charge in [0.2, 0.25) is 11.8 Å². The fourth-order valence-electron chi connectivity index (χ4n) is 5.78. The molecule has 4 aliphatic rings. The smallest absolute Gasteiger partial charge is 0.308 e. The van der Waals surface area contributed by atoms with E-state index in [0.717, 1.165) is 31.2 Å². The van der Waals surface area contributed by atoms with Gasteiger partial charge in [0, 0.05) is 17.6 Å². The highest BCUT2D eigenvalue weighted by atomic mass is 16.5. The highest BCUT2D eigenvalue weighted by Gasteiger charge is 2.60. The normalized spacial score (nSPS) is 31.5. The van der Waals surface area contributed by atoms with Crippen molar-refractivity contribution in [2.75, 3.05) is 4.90 Å². The van der Waals surface area contributed by atoms with Gasteiger partial charge in [0.25, 0.3) is 0 Å². The second kappa shape index (κ2) is 8.11. The van der Waals surface area contributed by atoms with Crippen molar-refractivity contribution in [1.29, 1.82) is 0 Å². The van der Waals surface area contributed by atoms with Crippen molar-refractivity contribution in [3.05, 3.63) is 54.0 Å². The Morgan fingerprint density at radius 2 is 1.84 bits per heavy atom. The highest BCUT2D eigenvalue weighted by Crippen LogP contribution is 2.49. The van der Waals surface area contributed by atoms with Gasteiger partial charge in [-0.05, 0) is 44.1 Å². The predicted molar refractivity (Wildman–Crippen MR) is 117 cm³/mol. The van der Waals surface area contributed by atoms with Gasteiger partial charge in [-0.15, -0.1) is 0 Å². The summed E-state index contributed by atoms with van der Waals surface area (Å²) in [6, 6.07) is 6.73. The van der Waals surface area contributed by atoms with Crippen LogP contribution >= 0.6 is 0 Å². The number of hydrogen-bond donors (Lipinski definition) is 2. The molecule has 5 atom stereocenters. The van der Waals surface area contributed by atoms with Crippen LogP contribution in [0.4, 0.5) is 5.69 Å². The maximum absolute atomic E-state index is 13.7. The van der Waals surface area contributed by atoms with Crippen LogP contribution in [-0.2, 0) is 19.1 Å². The molecule has 1 saturated carbocycles. The molecule has 2 fully saturated rings. The van der Waals surface area contributed by atoms with Crippen LogP contribution in [0.25, 0.3) is 0 Å². The summed E-state index contributed by atoms with van der Waals surface area (Å²) in [6.45, 7) is 1.96. The molecule has 168 valence electrons. The molecule has 0 bridgehead atoms. The minimum atomic E-state index is -1.05. The first-order valence-electron chi connectivity index (χ1n) is 11.4. The van der Waals surface area contributed by atoms with Crippen molar-refractivity contribution < 1.29 is 24.2 Å². The van der Waals surface area contributed by atoms with Crippen molar-refractivity contribution in [2.24, 2.45) is 23.7 Å². The van der Waals surface area contributed by atoms with Crippen LogP contribution in [0.5, 0.6) is 0 Å². The topological polar surface area (TPSA) is 95.9 Å². The Morgan fingerprint density at radius 1 is 1.12 bits per heavy atom. The lowest BCUT2D eigenvalue weighted by atomic mass is 9.69. The van der Waals surface area contributed by atoms with E-state index in [2.05, 4.69) is 5.32 Å². The summed E-state index contributed by atoms with van der Waals surface area (Å²) in [5, 5.41) is 13.2. The lowest BCUT2D eigenvalue weighted by molar-refractivity contribution is -0.148. The van der Waals surface area contributed by atoms with E-state index in [-0.39, 0.29) is 17.9 Å². The summed E-state index contributed by atoms with van der Waals surface area (Å²) in [7, 11) is 0. The highest BCUT2D eigenvalue weighted by molar-refractivity contribution is 6.07. The van der Waals surface area contributed by atoms with Gasteiger partial charge in [0.15, 0.2) is 0 Å². The second-order valence-electron chi connectivity index (χ2n) is 9.34.